The summed E-state index contributed by atoms with van der Waals surface area (Å²) in [6, 6.07) is 0. The van der Waals surface area contributed by atoms with Crippen molar-refractivity contribution in [3.63, 3.8) is 0 Å². The van der Waals surface area contributed by atoms with Crippen molar-refractivity contribution in [1.82, 2.24) is 0 Å². The van der Waals surface area contributed by atoms with Gasteiger partial charge in [0.2, 0.25) is 13.2 Å². The molecule has 0 amide bonds. The number of alkyl halides is 2. The lowest BCUT2D eigenvalue weighted by Gasteiger charge is -2.05. The van der Waals surface area contributed by atoms with E-state index in [0.29, 0.717) is 0 Å². The summed E-state index contributed by atoms with van der Waals surface area (Å²) in [6.45, 7) is 1.39. The van der Waals surface area contributed by atoms with Gasteiger partial charge in [-0.1, -0.05) is 23.2 Å². The zero-order valence-electron chi connectivity index (χ0n) is 3.57. The van der Waals surface area contributed by atoms with Crippen molar-refractivity contribution in [3.05, 3.63) is 0 Å². The van der Waals surface area contributed by atoms with Crippen LogP contribution in [0.15, 0.2) is 0 Å². The molecule has 43 valence electrons. The van der Waals surface area contributed by atoms with Gasteiger partial charge in [0.1, 0.15) is 0 Å². The maximum atomic E-state index is 9.58. The molecule has 7 heavy (non-hydrogen) atoms. The van der Waals surface area contributed by atoms with E-state index in [1.165, 1.54) is 6.92 Å². The second kappa shape index (κ2) is 2.83. The van der Waals surface area contributed by atoms with E-state index in [2.05, 4.69) is 4.52 Å². The summed E-state index contributed by atoms with van der Waals surface area (Å²) in [7, 11) is -0.905. The summed E-state index contributed by atoms with van der Waals surface area (Å²) in [6.07, 6.45) is 0. The summed E-state index contributed by atoms with van der Waals surface area (Å²) in [5.41, 5.74) is 0. The van der Waals surface area contributed by atoms with E-state index in [0.717, 1.165) is 0 Å². The normalized spacial score (nSPS) is 12.4. The highest BCUT2D eigenvalue weighted by Crippen LogP contribution is 2.25. The van der Waals surface area contributed by atoms with E-state index in [4.69, 9.17) is 23.2 Å². The average molecular weight is 162 g/mol. The van der Waals surface area contributed by atoms with E-state index in [1.54, 1.807) is 0 Å². The van der Waals surface area contributed by atoms with Gasteiger partial charge < -0.3 is 0 Å². The molecule has 1 radical (unpaired) electrons. The molecule has 0 saturated heterocycles. The highest BCUT2D eigenvalue weighted by Gasteiger charge is 2.14. The average Bonchev–Trinajstić information content (AvgIpc) is 1.30. The maximum Gasteiger partial charge on any atom is 0.225 e. The van der Waals surface area contributed by atoms with Crippen molar-refractivity contribution in [2.75, 3.05) is 0 Å². The monoisotopic (exact) mass is 161 g/mol. The Bertz CT molecular complexity index is 68.6. The molecule has 0 N–H and O–H groups in total. The van der Waals surface area contributed by atoms with Crippen LogP contribution in [0.5, 0.6) is 0 Å². The largest absolute Gasteiger partial charge is 0.268 e. The Morgan fingerprint density at radius 2 is 2.14 bits per heavy atom. The first-order valence-electron chi connectivity index (χ1n) is 1.49. The lowest BCUT2D eigenvalue weighted by Crippen LogP contribution is -2.03. The molecule has 1 unspecified atom stereocenters. The smallest absolute Gasteiger partial charge is 0.225 e. The Kier molecular flexibility index (Phi) is 3.09. The molecule has 5 heteroatoms. The Balaban J connectivity index is 3.34. The first-order valence-corrected chi connectivity index (χ1v) is 3.06. The first-order chi connectivity index (χ1) is 3.06. The topological polar surface area (TPSA) is 26.3 Å². The van der Waals surface area contributed by atoms with Crippen LogP contribution in [0.4, 0.5) is 0 Å². The van der Waals surface area contributed by atoms with E-state index < -0.39 is 13.2 Å². The van der Waals surface area contributed by atoms with Gasteiger partial charge in [0.15, 0.2) is 0 Å². The summed E-state index contributed by atoms with van der Waals surface area (Å²) >= 11 is 10.4. The van der Waals surface area contributed by atoms with E-state index in [-0.39, 0.29) is 0 Å². The fourth-order valence-electron chi connectivity index (χ4n) is 0.0732. The molecule has 0 heterocycles. The molecular weight excluding hydrogens is 158 g/mol. The van der Waals surface area contributed by atoms with Gasteiger partial charge in [-0.3, -0.25) is 9.09 Å². The standard InChI is InChI=1S/C2H4Cl2O2P/c1-2(3,4)6-7-5/h7H,1H3. The number of halogens is 2. The summed E-state index contributed by atoms with van der Waals surface area (Å²) in [4.78, 5) is 0. The van der Waals surface area contributed by atoms with Gasteiger partial charge in [-0.05, 0) is 6.92 Å². The van der Waals surface area contributed by atoms with Crippen molar-refractivity contribution in [2.24, 2.45) is 0 Å². The molecule has 0 fully saturated rings. The Hall–Kier alpha value is 0.640. The van der Waals surface area contributed by atoms with Crippen molar-refractivity contribution >= 4 is 31.9 Å². The Labute approximate surface area is 53.0 Å². The molecule has 0 aliphatic rings. The van der Waals surface area contributed by atoms with E-state index in [9.17, 15) is 4.57 Å². The van der Waals surface area contributed by atoms with Gasteiger partial charge in [0.05, 0.1) is 0 Å². The van der Waals surface area contributed by atoms with Crippen LogP contribution >= 0.6 is 31.9 Å². The molecule has 0 saturated carbocycles. The molecule has 0 aromatic heterocycles. The van der Waals surface area contributed by atoms with Gasteiger partial charge in [-0.2, -0.15) is 0 Å². The molecule has 0 bridgehead atoms. The van der Waals surface area contributed by atoms with Gasteiger partial charge in [0.25, 0.3) is 0 Å². The number of hydrogen-bond donors (Lipinski definition) is 0. The van der Waals surface area contributed by atoms with Crippen LogP contribution in [0.2, 0.25) is 0 Å². The molecule has 1 atom stereocenters. The fourth-order valence-corrected chi connectivity index (χ4v) is 0.408. The summed E-state index contributed by atoms with van der Waals surface area (Å²) < 4.78 is 12.5. The summed E-state index contributed by atoms with van der Waals surface area (Å²) in [5, 5.41) is 0. The highest BCUT2D eigenvalue weighted by molar-refractivity contribution is 7.17. The number of hydrogen-bond acceptors (Lipinski definition) is 2. The quantitative estimate of drug-likeness (QED) is 0.458. The Morgan fingerprint density at radius 1 is 1.71 bits per heavy atom. The van der Waals surface area contributed by atoms with Crippen LogP contribution in [0.1, 0.15) is 6.92 Å². The molecule has 0 aliphatic heterocycles. The lowest BCUT2D eigenvalue weighted by molar-refractivity contribution is 0.288. The van der Waals surface area contributed by atoms with Gasteiger partial charge in [-0.25, -0.2) is 0 Å². The Morgan fingerprint density at radius 3 is 2.14 bits per heavy atom. The highest BCUT2D eigenvalue weighted by atomic mass is 35.5. The third kappa shape index (κ3) is 6.64. The van der Waals surface area contributed by atoms with Crippen LogP contribution < -0.4 is 0 Å². The molecule has 0 spiro atoms. The molecule has 0 aromatic carbocycles. The van der Waals surface area contributed by atoms with Crippen LogP contribution in [0, 0.1) is 0 Å². The molecular formula is C2H4Cl2O2P. The van der Waals surface area contributed by atoms with E-state index >= 15 is 0 Å². The minimum atomic E-state index is -1.31. The third-order valence-corrected chi connectivity index (χ3v) is 1.13. The molecule has 0 aliphatic carbocycles. The van der Waals surface area contributed by atoms with Crippen molar-refractivity contribution in [2.45, 2.75) is 11.4 Å². The first kappa shape index (κ1) is 7.64. The van der Waals surface area contributed by atoms with Crippen LogP contribution in [0.3, 0.4) is 0 Å². The molecule has 0 rings (SSSR count). The van der Waals surface area contributed by atoms with Crippen molar-refractivity contribution in [3.8, 4) is 0 Å². The van der Waals surface area contributed by atoms with Crippen molar-refractivity contribution < 1.29 is 9.09 Å². The summed E-state index contributed by atoms with van der Waals surface area (Å²) in [5.74, 6) is 0. The molecule has 0 aromatic rings. The van der Waals surface area contributed by atoms with Crippen LogP contribution in [-0.2, 0) is 9.09 Å². The molecule has 2 nitrogen and oxygen atoms in total. The van der Waals surface area contributed by atoms with Crippen LogP contribution in [0.25, 0.3) is 0 Å². The second-order valence-corrected chi connectivity index (χ2v) is 3.00. The van der Waals surface area contributed by atoms with Gasteiger partial charge in [0, 0.05) is 0 Å². The maximum absolute atomic E-state index is 9.58. The zero-order valence-corrected chi connectivity index (χ0v) is 6.08. The minimum Gasteiger partial charge on any atom is -0.268 e. The van der Waals surface area contributed by atoms with Gasteiger partial charge >= 0.3 is 0 Å². The second-order valence-electron chi connectivity index (χ2n) is 0.993. The predicted octanol–water partition coefficient (Wildman–Crippen LogP) is 2.09. The number of rotatable bonds is 2. The third-order valence-electron chi connectivity index (χ3n) is 0.221. The van der Waals surface area contributed by atoms with E-state index in [1.807, 2.05) is 0 Å². The SMILES string of the molecule is CC(Cl)(Cl)O[PH]=O. The van der Waals surface area contributed by atoms with Gasteiger partial charge in [-0.15, -0.1) is 0 Å². The fraction of sp³-hybridized carbons (Fsp3) is 1.00. The van der Waals surface area contributed by atoms with Crippen LogP contribution in [-0.4, -0.2) is 4.52 Å². The van der Waals surface area contributed by atoms with Crippen molar-refractivity contribution in [1.29, 1.82) is 0 Å². The lowest BCUT2D eigenvalue weighted by atomic mass is 10.9. The minimum absolute atomic E-state index is 0.905. The zero-order chi connectivity index (χ0) is 5.91. The predicted molar refractivity (Wildman–Crippen MR) is 30.2 cm³/mol.